The van der Waals surface area contributed by atoms with Gasteiger partial charge < -0.3 is 4.74 Å². The maximum atomic E-state index is 11.9. The maximum Gasteiger partial charge on any atom is 0.316 e. The molecule has 3 heteroatoms. The summed E-state index contributed by atoms with van der Waals surface area (Å²) in [5.74, 6) is -0.269. The lowest BCUT2D eigenvalue weighted by atomic mass is 9.79. The van der Waals surface area contributed by atoms with Crippen molar-refractivity contribution in [2.75, 3.05) is 7.11 Å². The lowest BCUT2D eigenvalue weighted by Crippen LogP contribution is -2.31. The van der Waals surface area contributed by atoms with E-state index in [1.165, 1.54) is 7.11 Å². The third-order valence-electron chi connectivity index (χ3n) is 3.12. The molecule has 0 aromatic rings. The molecule has 1 aliphatic carbocycles. The summed E-state index contributed by atoms with van der Waals surface area (Å²) >= 11 is 0. The highest BCUT2D eigenvalue weighted by Crippen LogP contribution is 2.43. The molecule has 0 aromatic heterocycles. The Kier molecular flexibility index (Phi) is 4.44. The summed E-state index contributed by atoms with van der Waals surface area (Å²) in [7, 11) is 1.34. The zero-order valence-electron chi connectivity index (χ0n) is 10.4. The highest BCUT2D eigenvalue weighted by molar-refractivity contribution is 5.93. The van der Waals surface area contributed by atoms with Crippen molar-refractivity contribution in [3.8, 4) is 0 Å². The van der Waals surface area contributed by atoms with E-state index in [1.807, 2.05) is 25.2 Å². The first-order valence-corrected chi connectivity index (χ1v) is 5.65. The number of rotatable bonds is 4. The number of hydrogen-bond acceptors (Lipinski definition) is 3. The van der Waals surface area contributed by atoms with Gasteiger partial charge in [0.05, 0.1) is 12.5 Å². The largest absolute Gasteiger partial charge is 0.468 e. The molecule has 3 nitrogen and oxygen atoms in total. The van der Waals surface area contributed by atoms with Gasteiger partial charge in [-0.3, -0.25) is 9.59 Å². The third-order valence-corrected chi connectivity index (χ3v) is 3.12. The van der Waals surface area contributed by atoms with Crippen LogP contribution in [0, 0.1) is 5.41 Å². The Labute approximate surface area is 102 Å². The van der Waals surface area contributed by atoms with Crippen molar-refractivity contribution in [2.24, 2.45) is 5.41 Å². The second-order valence-electron chi connectivity index (χ2n) is 4.20. The van der Waals surface area contributed by atoms with Crippen LogP contribution in [-0.2, 0) is 14.3 Å². The molecule has 1 fully saturated rings. The number of methoxy groups -OCH3 is 1. The summed E-state index contributed by atoms with van der Waals surface area (Å²) in [6.07, 6.45) is 8.45. The average molecular weight is 234 g/mol. The van der Waals surface area contributed by atoms with Crippen LogP contribution in [0.5, 0.6) is 0 Å². The monoisotopic (exact) mass is 234 g/mol. The molecule has 92 valence electrons. The maximum absolute atomic E-state index is 11.9. The number of esters is 1. The van der Waals surface area contributed by atoms with Crippen molar-refractivity contribution >= 4 is 11.8 Å². The molecular weight excluding hydrogens is 216 g/mol. The molecule has 17 heavy (non-hydrogen) atoms. The Balaban J connectivity index is 2.95. The minimum absolute atomic E-state index is 0.0935. The van der Waals surface area contributed by atoms with Gasteiger partial charge in [-0.25, -0.2) is 0 Å². The second-order valence-corrected chi connectivity index (χ2v) is 4.20. The number of allylic oxidation sites excluding steroid dienone is 4. The molecule has 1 unspecified atom stereocenters. The summed E-state index contributed by atoms with van der Waals surface area (Å²) in [5, 5.41) is 0. The standard InChI is InChI=1S/C14H18O3/c1-4-5-6-7-11(2)14(13(16)17-3)9-8-12(15)10-14/h4-7H,2,8-10H2,1,3H3/b5-4-,7-6-. The van der Waals surface area contributed by atoms with E-state index >= 15 is 0 Å². The summed E-state index contributed by atoms with van der Waals surface area (Å²) in [6.45, 7) is 5.82. The van der Waals surface area contributed by atoms with Gasteiger partial charge in [0.1, 0.15) is 5.78 Å². The molecule has 0 aliphatic heterocycles. The number of Topliss-reactive ketones (excluding diaryl/α,β-unsaturated/α-hetero) is 1. The van der Waals surface area contributed by atoms with Gasteiger partial charge >= 0.3 is 5.97 Å². The van der Waals surface area contributed by atoms with Crippen molar-refractivity contribution in [3.63, 3.8) is 0 Å². The van der Waals surface area contributed by atoms with Crippen LogP contribution in [0.3, 0.4) is 0 Å². The Bertz CT molecular complexity index is 390. The highest BCUT2D eigenvalue weighted by Gasteiger charge is 2.47. The molecule has 0 N–H and O–H groups in total. The smallest absolute Gasteiger partial charge is 0.316 e. The van der Waals surface area contributed by atoms with Gasteiger partial charge in [0.15, 0.2) is 0 Å². The van der Waals surface area contributed by atoms with E-state index in [4.69, 9.17) is 4.74 Å². The third kappa shape index (κ3) is 2.73. The first kappa shape index (κ1) is 13.4. The molecule has 0 saturated heterocycles. The Morgan fingerprint density at radius 2 is 2.18 bits per heavy atom. The first-order valence-electron chi connectivity index (χ1n) is 5.65. The van der Waals surface area contributed by atoms with Crippen LogP contribution >= 0.6 is 0 Å². The quantitative estimate of drug-likeness (QED) is 0.554. The topological polar surface area (TPSA) is 43.4 Å². The van der Waals surface area contributed by atoms with Gasteiger partial charge in [0, 0.05) is 12.8 Å². The van der Waals surface area contributed by atoms with Gasteiger partial charge in [-0.1, -0.05) is 30.9 Å². The zero-order chi connectivity index (χ0) is 12.9. The number of ketones is 1. The van der Waals surface area contributed by atoms with Gasteiger partial charge in [-0.05, 0) is 18.9 Å². The van der Waals surface area contributed by atoms with Gasteiger partial charge in [-0.15, -0.1) is 0 Å². The summed E-state index contributed by atoms with van der Waals surface area (Å²) in [5.41, 5.74) is -0.197. The minimum Gasteiger partial charge on any atom is -0.468 e. The highest BCUT2D eigenvalue weighted by atomic mass is 16.5. The van der Waals surface area contributed by atoms with Gasteiger partial charge in [-0.2, -0.15) is 0 Å². The normalized spacial score (nSPS) is 24.7. The molecule has 0 aromatic carbocycles. The molecule has 1 atom stereocenters. The van der Waals surface area contributed by atoms with Crippen molar-refractivity contribution in [1.29, 1.82) is 0 Å². The van der Waals surface area contributed by atoms with Gasteiger partial charge in [0.25, 0.3) is 0 Å². The summed E-state index contributed by atoms with van der Waals surface area (Å²) < 4.78 is 4.81. The van der Waals surface area contributed by atoms with Crippen molar-refractivity contribution < 1.29 is 14.3 Å². The molecular formula is C14H18O3. The molecule has 1 rings (SSSR count). The Hall–Kier alpha value is -1.64. The first-order chi connectivity index (χ1) is 8.06. The predicted molar refractivity (Wildman–Crippen MR) is 66.4 cm³/mol. The van der Waals surface area contributed by atoms with Crippen LogP contribution in [0.2, 0.25) is 0 Å². The zero-order valence-corrected chi connectivity index (χ0v) is 10.4. The van der Waals surface area contributed by atoms with E-state index in [0.717, 1.165) is 0 Å². The lowest BCUT2D eigenvalue weighted by molar-refractivity contribution is -0.150. The van der Waals surface area contributed by atoms with Crippen LogP contribution in [0.4, 0.5) is 0 Å². The van der Waals surface area contributed by atoms with Crippen LogP contribution < -0.4 is 0 Å². The molecule has 0 amide bonds. The fraction of sp³-hybridized carbons (Fsp3) is 0.429. The molecule has 0 bridgehead atoms. The number of carbonyl (C=O) groups is 2. The van der Waals surface area contributed by atoms with Crippen molar-refractivity contribution in [2.45, 2.75) is 26.2 Å². The molecule has 0 heterocycles. The Morgan fingerprint density at radius 3 is 2.65 bits per heavy atom. The van der Waals surface area contributed by atoms with Crippen LogP contribution in [0.1, 0.15) is 26.2 Å². The van der Waals surface area contributed by atoms with E-state index in [9.17, 15) is 9.59 Å². The summed E-state index contributed by atoms with van der Waals surface area (Å²) in [6, 6.07) is 0. The van der Waals surface area contributed by atoms with Crippen LogP contribution in [-0.4, -0.2) is 18.9 Å². The van der Waals surface area contributed by atoms with E-state index in [0.29, 0.717) is 18.4 Å². The van der Waals surface area contributed by atoms with Crippen molar-refractivity contribution in [1.82, 2.24) is 0 Å². The van der Waals surface area contributed by atoms with Gasteiger partial charge in [0.2, 0.25) is 0 Å². The number of hydrogen-bond donors (Lipinski definition) is 0. The lowest BCUT2D eigenvalue weighted by Gasteiger charge is -2.25. The molecule has 1 aliphatic rings. The molecule has 0 radical (unpaired) electrons. The van der Waals surface area contributed by atoms with E-state index in [2.05, 4.69) is 6.58 Å². The average Bonchev–Trinajstić information content (AvgIpc) is 2.72. The fourth-order valence-electron chi connectivity index (χ4n) is 2.08. The number of carbonyl (C=O) groups excluding carboxylic acids is 2. The van der Waals surface area contributed by atoms with E-state index < -0.39 is 5.41 Å². The minimum atomic E-state index is -0.843. The molecule has 1 saturated carbocycles. The predicted octanol–water partition coefficient (Wildman–Crippen LogP) is 2.59. The van der Waals surface area contributed by atoms with Crippen molar-refractivity contribution in [3.05, 3.63) is 36.5 Å². The fourth-order valence-corrected chi connectivity index (χ4v) is 2.08. The van der Waals surface area contributed by atoms with Crippen LogP contribution in [0.25, 0.3) is 0 Å². The molecule has 0 spiro atoms. The summed E-state index contributed by atoms with van der Waals surface area (Å²) in [4.78, 5) is 23.3. The Morgan fingerprint density at radius 1 is 1.47 bits per heavy atom. The van der Waals surface area contributed by atoms with Crippen LogP contribution in [0.15, 0.2) is 36.5 Å². The van der Waals surface area contributed by atoms with E-state index in [1.54, 1.807) is 6.08 Å². The van der Waals surface area contributed by atoms with E-state index in [-0.39, 0.29) is 18.2 Å². The SMILES string of the molecule is C=C(/C=C\C=C/C)C1(C(=O)OC)CCC(=O)C1. The number of ether oxygens (including phenoxy) is 1. The second kappa shape index (κ2) is 5.62.